The summed E-state index contributed by atoms with van der Waals surface area (Å²) in [6, 6.07) is 6.04. The summed E-state index contributed by atoms with van der Waals surface area (Å²) in [5, 5.41) is 3.14. The Morgan fingerprint density at radius 3 is 2.86 bits per heavy atom. The van der Waals surface area contributed by atoms with Crippen molar-refractivity contribution in [1.29, 1.82) is 0 Å². The number of amides is 1. The van der Waals surface area contributed by atoms with Gasteiger partial charge in [-0.25, -0.2) is 4.98 Å². The number of aromatic nitrogens is 2. The van der Waals surface area contributed by atoms with E-state index in [-0.39, 0.29) is 11.9 Å². The lowest BCUT2D eigenvalue weighted by atomic mass is 10.0. The molecule has 0 saturated carbocycles. The quantitative estimate of drug-likeness (QED) is 0.920. The largest absolute Gasteiger partial charge is 0.347 e. The second-order valence-corrected chi connectivity index (χ2v) is 5.96. The van der Waals surface area contributed by atoms with Crippen LogP contribution in [0.25, 0.3) is 0 Å². The Labute approximate surface area is 125 Å². The van der Waals surface area contributed by atoms with Gasteiger partial charge in [-0.05, 0) is 50.5 Å². The first-order valence-corrected chi connectivity index (χ1v) is 7.43. The van der Waals surface area contributed by atoms with Crippen LogP contribution in [0, 0.1) is 20.8 Å². The minimum absolute atomic E-state index is 0.0170. The van der Waals surface area contributed by atoms with Gasteiger partial charge in [0.15, 0.2) is 0 Å². The van der Waals surface area contributed by atoms with E-state index in [9.17, 15) is 4.79 Å². The number of imidazole rings is 1. The van der Waals surface area contributed by atoms with E-state index in [4.69, 9.17) is 0 Å². The molecule has 2 heterocycles. The van der Waals surface area contributed by atoms with Gasteiger partial charge < -0.3 is 9.88 Å². The Morgan fingerprint density at radius 2 is 2.10 bits per heavy atom. The van der Waals surface area contributed by atoms with Crippen LogP contribution in [-0.2, 0) is 13.0 Å². The molecule has 0 radical (unpaired) electrons. The summed E-state index contributed by atoms with van der Waals surface area (Å²) < 4.78 is 2.16. The molecular weight excluding hydrogens is 262 g/mol. The molecule has 1 N–H and O–H groups in total. The average Bonchev–Trinajstić information content (AvgIpc) is 2.81. The smallest absolute Gasteiger partial charge is 0.251 e. The third kappa shape index (κ3) is 2.84. The number of hydrogen-bond acceptors (Lipinski definition) is 2. The SMILES string of the molecule is Cc1cn2c(n1)CC[C@H](NC(=O)c1ccc(C)c(C)c1)C2. The van der Waals surface area contributed by atoms with Crippen LogP contribution in [0.1, 0.15) is 39.4 Å². The molecule has 1 aromatic carbocycles. The zero-order valence-electron chi connectivity index (χ0n) is 12.8. The van der Waals surface area contributed by atoms with Gasteiger partial charge >= 0.3 is 0 Å². The molecule has 1 aliphatic heterocycles. The number of rotatable bonds is 2. The number of nitrogens with zero attached hydrogens (tertiary/aromatic N) is 2. The topological polar surface area (TPSA) is 46.9 Å². The minimum atomic E-state index is 0.0170. The Kier molecular flexibility index (Phi) is 3.53. The average molecular weight is 283 g/mol. The van der Waals surface area contributed by atoms with Crippen LogP contribution in [0.15, 0.2) is 24.4 Å². The van der Waals surface area contributed by atoms with Crippen molar-refractivity contribution in [2.45, 2.75) is 46.2 Å². The van der Waals surface area contributed by atoms with Crippen molar-refractivity contribution in [2.24, 2.45) is 0 Å². The van der Waals surface area contributed by atoms with Crippen LogP contribution in [0.4, 0.5) is 0 Å². The van der Waals surface area contributed by atoms with E-state index in [1.165, 1.54) is 5.56 Å². The molecule has 1 aromatic heterocycles. The number of benzene rings is 1. The lowest BCUT2D eigenvalue weighted by Gasteiger charge is -2.24. The molecule has 2 aromatic rings. The van der Waals surface area contributed by atoms with Crippen molar-refractivity contribution >= 4 is 5.91 Å². The van der Waals surface area contributed by atoms with Gasteiger partial charge in [0.25, 0.3) is 5.91 Å². The monoisotopic (exact) mass is 283 g/mol. The zero-order valence-corrected chi connectivity index (χ0v) is 12.8. The molecule has 0 aliphatic carbocycles. The van der Waals surface area contributed by atoms with Gasteiger partial charge in [0, 0.05) is 30.8 Å². The number of carbonyl (C=O) groups excluding carboxylic acids is 1. The molecule has 0 bridgehead atoms. The highest BCUT2D eigenvalue weighted by atomic mass is 16.1. The molecular formula is C17H21N3O. The number of hydrogen-bond donors (Lipinski definition) is 1. The molecule has 0 spiro atoms. The second kappa shape index (κ2) is 5.35. The van der Waals surface area contributed by atoms with E-state index >= 15 is 0 Å². The van der Waals surface area contributed by atoms with Crippen molar-refractivity contribution in [2.75, 3.05) is 0 Å². The van der Waals surface area contributed by atoms with Crippen LogP contribution in [-0.4, -0.2) is 21.5 Å². The summed E-state index contributed by atoms with van der Waals surface area (Å²) in [5.41, 5.74) is 4.15. The number of aryl methyl sites for hydroxylation is 4. The van der Waals surface area contributed by atoms with E-state index in [0.717, 1.165) is 42.0 Å². The van der Waals surface area contributed by atoms with Crippen LogP contribution < -0.4 is 5.32 Å². The fourth-order valence-corrected chi connectivity index (χ4v) is 2.86. The lowest BCUT2D eigenvalue weighted by Crippen LogP contribution is -2.40. The van der Waals surface area contributed by atoms with Crippen molar-refractivity contribution in [3.8, 4) is 0 Å². The predicted molar refractivity (Wildman–Crippen MR) is 82.5 cm³/mol. The summed E-state index contributed by atoms with van der Waals surface area (Å²) in [6.45, 7) is 6.91. The van der Waals surface area contributed by atoms with Gasteiger partial charge in [0.2, 0.25) is 0 Å². The first-order chi connectivity index (χ1) is 10.0. The summed E-state index contributed by atoms with van der Waals surface area (Å²) in [7, 11) is 0. The van der Waals surface area contributed by atoms with Crippen molar-refractivity contribution in [1.82, 2.24) is 14.9 Å². The minimum Gasteiger partial charge on any atom is -0.347 e. The predicted octanol–water partition coefficient (Wildman–Crippen LogP) is 2.55. The molecule has 3 rings (SSSR count). The van der Waals surface area contributed by atoms with Crippen LogP contribution >= 0.6 is 0 Å². The highest BCUT2D eigenvalue weighted by Crippen LogP contribution is 2.16. The Morgan fingerprint density at radius 1 is 1.29 bits per heavy atom. The van der Waals surface area contributed by atoms with Crippen LogP contribution in [0.3, 0.4) is 0 Å². The summed E-state index contributed by atoms with van der Waals surface area (Å²) >= 11 is 0. The number of carbonyl (C=O) groups is 1. The molecule has 1 atom stereocenters. The first-order valence-electron chi connectivity index (χ1n) is 7.43. The van der Waals surface area contributed by atoms with Crippen molar-refractivity contribution in [3.05, 3.63) is 52.6 Å². The van der Waals surface area contributed by atoms with E-state index in [1.807, 2.05) is 32.0 Å². The van der Waals surface area contributed by atoms with E-state index in [2.05, 4.69) is 28.0 Å². The Bertz CT molecular complexity index is 687. The maximum absolute atomic E-state index is 12.4. The van der Waals surface area contributed by atoms with Gasteiger partial charge in [0.05, 0.1) is 5.69 Å². The molecule has 1 amide bonds. The Hall–Kier alpha value is -2.10. The first kappa shape index (κ1) is 13.9. The summed E-state index contributed by atoms with van der Waals surface area (Å²) in [5.74, 6) is 1.15. The fraction of sp³-hybridized carbons (Fsp3) is 0.412. The normalized spacial score (nSPS) is 17.4. The summed E-state index contributed by atoms with van der Waals surface area (Å²) in [4.78, 5) is 16.9. The molecule has 0 saturated heterocycles. The van der Waals surface area contributed by atoms with Gasteiger partial charge in [0.1, 0.15) is 5.82 Å². The maximum atomic E-state index is 12.4. The Balaban J connectivity index is 1.69. The lowest BCUT2D eigenvalue weighted by molar-refractivity contribution is 0.0927. The standard InChI is InChI=1S/C17H21N3O/c1-11-4-5-14(8-12(11)2)17(21)19-15-6-7-16-18-13(3)9-20(16)10-15/h4-5,8-9,15H,6-7,10H2,1-3H3,(H,19,21)/t15-/m0/s1. The van der Waals surface area contributed by atoms with Crippen LogP contribution in [0.2, 0.25) is 0 Å². The molecule has 0 unspecified atom stereocenters. The number of nitrogens with one attached hydrogen (secondary N) is 1. The summed E-state index contributed by atoms with van der Waals surface area (Å²) in [6.07, 6.45) is 3.93. The van der Waals surface area contributed by atoms with Crippen LogP contribution in [0.5, 0.6) is 0 Å². The van der Waals surface area contributed by atoms with Gasteiger partial charge in [-0.2, -0.15) is 0 Å². The maximum Gasteiger partial charge on any atom is 0.251 e. The highest BCUT2D eigenvalue weighted by molar-refractivity contribution is 5.94. The highest BCUT2D eigenvalue weighted by Gasteiger charge is 2.21. The van der Waals surface area contributed by atoms with Crippen molar-refractivity contribution < 1.29 is 4.79 Å². The molecule has 1 aliphatic rings. The number of fused-ring (bicyclic) bond motifs is 1. The van der Waals surface area contributed by atoms with Crippen molar-refractivity contribution in [3.63, 3.8) is 0 Å². The zero-order chi connectivity index (χ0) is 15.0. The third-order valence-electron chi connectivity index (χ3n) is 4.22. The molecule has 110 valence electrons. The van der Waals surface area contributed by atoms with Gasteiger partial charge in [-0.15, -0.1) is 0 Å². The van der Waals surface area contributed by atoms with E-state index in [1.54, 1.807) is 0 Å². The molecule has 21 heavy (non-hydrogen) atoms. The second-order valence-electron chi connectivity index (χ2n) is 5.96. The third-order valence-corrected chi connectivity index (χ3v) is 4.22. The molecule has 4 heteroatoms. The van der Waals surface area contributed by atoms with E-state index in [0.29, 0.717) is 0 Å². The van der Waals surface area contributed by atoms with Gasteiger partial charge in [-0.3, -0.25) is 4.79 Å². The fourth-order valence-electron chi connectivity index (χ4n) is 2.86. The molecule has 4 nitrogen and oxygen atoms in total. The van der Waals surface area contributed by atoms with E-state index < -0.39 is 0 Å². The molecule has 0 fully saturated rings. The van der Waals surface area contributed by atoms with Gasteiger partial charge in [-0.1, -0.05) is 6.07 Å².